The van der Waals surface area contributed by atoms with E-state index in [2.05, 4.69) is 15.1 Å². The standard InChI is InChI=1S/C15H19N5O3/c1-9-18-14(19-23-9)12-5-3-2-4-6-20(12)15(22)11-7-10(8-17-11)13(16)21/h7-8,12,17H,2-6H2,1H3,(H2,16,21). The van der Waals surface area contributed by atoms with E-state index in [9.17, 15) is 9.59 Å². The summed E-state index contributed by atoms with van der Waals surface area (Å²) < 4.78 is 5.06. The summed E-state index contributed by atoms with van der Waals surface area (Å²) in [6.45, 7) is 2.34. The Hall–Kier alpha value is -2.64. The molecule has 2 amide bonds. The summed E-state index contributed by atoms with van der Waals surface area (Å²) in [4.78, 5) is 32.9. The van der Waals surface area contributed by atoms with Crippen LogP contribution < -0.4 is 5.73 Å². The molecule has 1 fully saturated rings. The van der Waals surface area contributed by atoms with Crippen molar-refractivity contribution in [3.63, 3.8) is 0 Å². The number of rotatable bonds is 3. The van der Waals surface area contributed by atoms with Gasteiger partial charge in [-0.15, -0.1) is 0 Å². The third-order valence-corrected chi connectivity index (χ3v) is 4.05. The minimum atomic E-state index is -0.568. The number of nitrogens with two attached hydrogens (primary N) is 1. The number of likely N-dealkylation sites (tertiary alicyclic amines) is 1. The van der Waals surface area contributed by atoms with Gasteiger partial charge in [-0.25, -0.2) is 0 Å². The maximum atomic E-state index is 12.8. The molecule has 0 radical (unpaired) electrons. The van der Waals surface area contributed by atoms with Crippen molar-refractivity contribution in [3.05, 3.63) is 35.2 Å². The molecule has 0 bridgehead atoms. The third kappa shape index (κ3) is 3.10. The van der Waals surface area contributed by atoms with Crippen LogP contribution in [-0.4, -0.2) is 38.4 Å². The average molecular weight is 317 g/mol. The molecule has 1 saturated heterocycles. The summed E-state index contributed by atoms with van der Waals surface area (Å²) in [5.74, 6) is 0.250. The Balaban J connectivity index is 1.89. The van der Waals surface area contributed by atoms with Crippen LogP contribution in [0, 0.1) is 6.92 Å². The van der Waals surface area contributed by atoms with Crippen molar-refractivity contribution >= 4 is 11.8 Å². The molecule has 3 heterocycles. The van der Waals surface area contributed by atoms with Crippen molar-refractivity contribution in [1.29, 1.82) is 0 Å². The van der Waals surface area contributed by atoms with E-state index in [1.54, 1.807) is 11.8 Å². The van der Waals surface area contributed by atoms with Crippen molar-refractivity contribution in [1.82, 2.24) is 20.0 Å². The zero-order chi connectivity index (χ0) is 16.4. The van der Waals surface area contributed by atoms with E-state index < -0.39 is 5.91 Å². The average Bonchev–Trinajstić information content (AvgIpc) is 3.10. The Morgan fingerprint density at radius 2 is 2.22 bits per heavy atom. The predicted molar refractivity (Wildman–Crippen MR) is 80.6 cm³/mol. The number of aryl methyl sites for hydroxylation is 1. The fraction of sp³-hybridized carbons (Fsp3) is 0.467. The molecule has 3 N–H and O–H groups in total. The molecule has 0 aliphatic carbocycles. The van der Waals surface area contributed by atoms with Gasteiger partial charge in [-0.1, -0.05) is 18.0 Å². The first-order chi connectivity index (χ1) is 11.1. The van der Waals surface area contributed by atoms with Crippen LogP contribution in [-0.2, 0) is 0 Å². The number of carbonyl (C=O) groups is 2. The SMILES string of the molecule is Cc1nc(C2CCCCCN2C(=O)c2cc(C(N)=O)c[nH]2)no1. The van der Waals surface area contributed by atoms with Crippen molar-refractivity contribution < 1.29 is 14.1 Å². The van der Waals surface area contributed by atoms with E-state index in [1.165, 1.54) is 12.3 Å². The van der Waals surface area contributed by atoms with Crippen LogP contribution >= 0.6 is 0 Å². The molecule has 122 valence electrons. The highest BCUT2D eigenvalue weighted by molar-refractivity contribution is 5.98. The lowest BCUT2D eigenvalue weighted by atomic mass is 10.1. The van der Waals surface area contributed by atoms with Crippen LogP contribution in [0.1, 0.15) is 64.3 Å². The molecule has 3 rings (SSSR count). The van der Waals surface area contributed by atoms with Gasteiger partial charge in [-0.3, -0.25) is 9.59 Å². The maximum Gasteiger partial charge on any atom is 0.270 e. The normalized spacial score (nSPS) is 18.7. The number of carbonyl (C=O) groups excluding carboxylic acids is 2. The third-order valence-electron chi connectivity index (χ3n) is 4.05. The molecule has 0 saturated carbocycles. The molecular formula is C15H19N5O3. The van der Waals surface area contributed by atoms with Gasteiger partial charge in [-0.2, -0.15) is 4.98 Å². The number of aromatic amines is 1. The second-order valence-electron chi connectivity index (χ2n) is 5.70. The van der Waals surface area contributed by atoms with Gasteiger partial charge in [0.25, 0.3) is 5.91 Å². The lowest BCUT2D eigenvalue weighted by molar-refractivity contribution is 0.0665. The van der Waals surface area contributed by atoms with Crippen molar-refractivity contribution in [2.75, 3.05) is 6.54 Å². The Kier molecular flexibility index (Phi) is 4.14. The van der Waals surface area contributed by atoms with Gasteiger partial charge in [-0.05, 0) is 18.9 Å². The molecule has 0 spiro atoms. The maximum absolute atomic E-state index is 12.8. The van der Waals surface area contributed by atoms with E-state index in [0.29, 0.717) is 24.0 Å². The molecule has 1 unspecified atom stereocenters. The van der Waals surface area contributed by atoms with Gasteiger partial charge < -0.3 is 20.1 Å². The first-order valence-electron chi connectivity index (χ1n) is 7.65. The first-order valence-corrected chi connectivity index (χ1v) is 7.65. The summed E-state index contributed by atoms with van der Waals surface area (Å²) in [5, 5.41) is 3.98. The Morgan fingerprint density at radius 1 is 1.39 bits per heavy atom. The van der Waals surface area contributed by atoms with Crippen LogP contribution in [0.15, 0.2) is 16.8 Å². The molecule has 2 aromatic heterocycles. The molecular weight excluding hydrogens is 298 g/mol. The van der Waals surface area contributed by atoms with Crippen LogP contribution in [0.25, 0.3) is 0 Å². The fourth-order valence-electron chi connectivity index (χ4n) is 2.88. The number of nitrogens with zero attached hydrogens (tertiary/aromatic N) is 3. The summed E-state index contributed by atoms with van der Waals surface area (Å²) in [7, 11) is 0. The second kappa shape index (κ2) is 6.23. The number of H-pyrrole nitrogens is 1. The van der Waals surface area contributed by atoms with E-state index in [-0.39, 0.29) is 17.5 Å². The van der Waals surface area contributed by atoms with Gasteiger partial charge >= 0.3 is 0 Å². The number of amides is 2. The highest BCUT2D eigenvalue weighted by atomic mass is 16.5. The van der Waals surface area contributed by atoms with E-state index in [1.807, 2.05) is 0 Å². The van der Waals surface area contributed by atoms with E-state index in [4.69, 9.17) is 10.3 Å². The summed E-state index contributed by atoms with van der Waals surface area (Å²) in [6, 6.07) is 1.26. The quantitative estimate of drug-likeness (QED) is 0.890. The van der Waals surface area contributed by atoms with E-state index >= 15 is 0 Å². The fourth-order valence-corrected chi connectivity index (χ4v) is 2.88. The van der Waals surface area contributed by atoms with Gasteiger partial charge in [0.15, 0.2) is 5.82 Å². The molecule has 2 aromatic rings. The number of hydrogen-bond donors (Lipinski definition) is 2. The van der Waals surface area contributed by atoms with Crippen LogP contribution in [0.3, 0.4) is 0 Å². The molecule has 1 aliphatic heterocycles. The lowest BCUT2D eigenvalue weighted by Crippen LogP contribution is -2.35. The van der Waals surface area contributed by atoms with Gasteiger partial charge in [0.2, 0.25) is 11.8 Å². The largest absolute Gasteiger partial charge is 0.366 e. The first kappa shape index (κ1) is 15.3. The van der Waals surface area contributed by atoms with Gasteiger partial charge in [0.05, 0.1) is 11.6 Å². The van der Waals surface area contributed by atoms with Crippen LogP contribution in [0.5, 0.6) is 0 Å². The highest BCUT2D eigenvalue weighted by Gasteiger charge is 2.31. The van der Waals surface area contributed by atoms with Crippen molar-refractivity contribution in [2.24, 2.45) is 5.73 Å². The Morgan fingerprint density at radius 3 is 2.87 bits per heavy atom. The topological polar surface area (TPSA) is 118 Å². The van der Waals surface area contributed by atoms with Crippen molar-refractivity contribution in [2.45, 2.75) is 38.6 Å². The zero-order valence-electron chi connectivity index (χ0n) is 12.9. The highest BCUT2D eigenvalue weighted by Crippen LogP contribution is 2.29. The number of nitrogens with one attached hydrogen (secondary N) is 1. The minimum absolute atomic E-state index is 0.188. The summed E-state index contributed by atoms with van der Waals surface area (Å²) >= 11 is 0. The second-order valence-corrected chi connectivity index (χ2v) is 5.70. The minimum Gasteiger partial charge on any atom is -0.366 e. The van der Waals surface area contributed by atoms with Crippen LogP contribution in [0.4, 0.5) is 0 Å². The molecule has 1 aliphatic rings. The van der Waals surface area contributed by atoms with Gasteiger partial charge in [0, 0.05) is 19.7 Å². The monoisotopic (exact) mass is 317 g/mol. The molecule has 8 heteroatoms. The van der Waals surface area contributed by atoms with Crippen LogP contribution in [0.2, 0.25) is 0 Å². The van der Waals surface area contributed by atoms with Gasteiger partial charge in [0.1, 0.15) is 5.69 Å². The molecule has 23 heavy (non-hydrogen) atoms. The van der Waals surface area contributed by atoms with E-state index in [0.717, 1.165) is 25.7 Å². The number of hydrogen-bond acceptors (Lipinski definition) is 5. The number of primary amides is 1. The molecule has 8 nitrogen and oxygen atoms in total. The zero-order valence-corrected chi connectivity index (χ0v) is 12.9. The Bertz CT molecular complexity index is 720. The lowest BCUT2D eigenvalue weighted by Gasteiger charge is -2.27. The Labute approximate surface area is 133 Å². The molecule has 0 aromatic carbocycles. The van der Waals surface area contributed by atoms with Crippen molar-refractivity contribution in [3.8, 4) is 0 Å². The molecule has 1 atom stereocenters. The predicted octanol–water partition coefficient (Wildman–Crippen LogP) is 1.56. The summed E-state index contributed by atoms with van der Waals surface area (Å²) in [5.41, 5.74) is 5.86. The summed E-state index contributed by atoms with van der Waals surface area (Å²) in [6.07, 6.45) is 5.20. The number of aromatic nitrogens is 3. The smallest absolute Gasteiger partial charge is 0.270 e.